The molecule has 1 fully saturated rings. The lowest BCUT2D eigenvalue weighted by molar-refractivity contribution is 0.0773. The van der Waals surface area contributed by atoms with Crippen molar-refractivity contribution in [2.75, 3.05) is 32.7 Å². The summed E-state index contributed by atoms with van der Waals surface area (Å²) in [6.45, 7) is 8.52. The number of hydrogen-bond donors (Lipinski definition) is 1. The molecule has 1 aromatic heterocycles. The normalized spacial score (nSPS) is 15.1. The van der Waals surface area contributed by atoms with Crippen LogP contribution in [-0.4, -0.2) is 63.1 Å². The average Bonchev–Trinajstić information content (AvgIpc) is 3.39. The number of fused-ring (bicyclic) bond motifs is 1. The van der Waals surface area contributed by atoms with Gasteiger partial charge in [-0.2, -0.15) is 0 Å². The molecule has 1 unspecified atom stereocenters. The van der Waals surface area contributed by atoms with E-state index in [1.54, 1.807) is 6.07 Å². The Bertz CT molecular complexity index is 1360. The molecule has 0 saturated carbocycles. The van der Waals surface area contributed by atoms with Crippen molar-refractivity contribution in [1.82, 2.24) is 19.4 Å². The number of hydrogen-bond acceptors (Lipinski definition) is 4. The van der Waals surface area contributed by atoms with Crippen molar-refractivity contribution in [2.45, 2.75) is 45.1 Å². The fraction of sp³-hybridized carbons (Fsp3) is 0.375. The topological polar surface area (TPSA) is 61.6 Å². The van der Waals surface area contributed by atoms with Gasteiger partial charge in [0, 0.05) is 43.7 Å². The monoisotopic (exact) mass is 546 g/mol. The van der Waals surface area contributed by atoms with Crippen molar-refractivity contribution in [3.8, 4) is 5.75 Å². The number of aromatic nitrogens is 2. The number of imidazole rings is 1. The Hall–Kier alpha value is -3.35. The molecule has 1 amide bonds. The SMILES string of the molecule is CCN(CC)C(=O)c1ccc(C(CCN2CCC(n3cnc4ccccc43)CC2)c2cccc(O)c2)cc1.Cl. The number of phenolic OH excluding ortho intramolecular Hbond substituents is 1. The van der Waals surface area contributed by atoms with Crippen LogP contribution in [0, 0.1) is 0 Å². The fourth-order valence-corrected chi connectivity index (χ4v) is 5.82. The zero-order chi connectivity index (χ0) is 26.5. The minimum absolute atomic E-state index is 0. The van der Waals surface area contributed by atoms with Crippen LogP contribution in [0.15, 0.2) is 79.1 Å². The number of amides is 1. The molecule has 1 atom stereocenters. The van der Waals surface area contributed by atoms with Gasteiger partial charge < -0.3 is 19.5 Å². The van der Waals surface area contributed by atoms with Gasteiger partial charge in [-0.3, -0.25) is 4.79 Å². The number of rotatable bonds is 9. The summed E-state index contributed by atoms with van der Waals surface area (Å²) in [5.74, 6) is 0.508. The Morgan fingerprint density at radius 1 is 0.974 bits per heavy atom. The predicted molar refractivity (Wildman–Crippen MR) is 160 cm³/mol. The van der Waals surface area contributed by atoms with Gasteiger partial charge in [-0.15, -0.1) is 12.4 Å². The molecule has 1 aliphatic heterocycles. The number of carbonyl (C=O) groups is 1. The number of benzene rings is 3. The van der Waals surface area contributed by atoms with E-state index in [-0.39, 0.29) is 30.0 Å². The van der Waals surface area contributed by atoms with Gasteiger partial charge in [0.15, 0.2) is 0 Å². The summed E-state index contributed by atoms with van der Waals surface area (Å²) in [6.07, 6.45) is 5.17. The minimum atomic E-state index is 0. The molecular formula is C32H39ClN4O2. The molecule has 0 bridgehead atoms. The van der Waals surface area contributed by atoms with E-state index < -0.39 is 0 Å². The molecule has 0 radical (unpaired) electrons. The second-order valence-electron chi connectivity index (χ2n) is 10.2. The van der Waals surface area contributed by atoms with Crippen LogP contribution in [0.1, 0.15) is 66.6 Å². The van der Waals surface area contributed by atoms with Crippen molar-refractivity contribution in [3.63, 3.8) is 0 Å². The summed E-state index contributed by atoms with van der Waals surface area (Å²) in [5, 5.41) is 10.2. The molecule has 0 spiro atoms. The first-order valence-corrected chi connectivity index (χ1v) is 13.9. The van der Waals surface area contributed by atoms with E-state index in [1.807, 2.05) is 55.4 Å². The first kappa shape index (κ1) is 28.7. The number of likely N-dealkylation sites (tertiary alicyclic amines) is 1. The molecule has 1 aliphatic rings. The van der Waals surface area contributed by atoms with Crippen molar-refractivity contribution in [3.05, 3.63) is 95.8 Å². The van der Waals surface area contributed by atoms with Crippen molar-refractivity contribution < 1.29 is 9.90 Å². The number of carbonyl (C=O) groups excluding carboxylic acids is 1. The molecule has 3 aromatic carbocycles. The maximum atomic E-state index is 12.8. The third-order valence-electron chi connectivity index (χ3n) is 8.05. The summed E-state index contributed by atoms with van der Waals surface area (Å²) in [5.41, 5.74) is 5.28. The van der Waals surface area contributed by atoms with Gasteiger partial charge in [-0.05, 0) is 87.2 Å². The Kier molecular flexibility index (Phi) is 9.65. The Labute approximate surface area is 237 Å². The predicted octanol–water partition coefficient (Wildman–Crippen LogP) is 6.50. The van der Waals surface area contributed by atoms with Crippen molar-refractivity contribution in [1.29, 1.82) is 0 Å². The first-order valence-electron chi connectivity index (χ1n) is 13.9. The molecule has 5 rings (SSSR count). The average molecular weight is 547 g/mol. The molecule has 1 saturated heterocycles. The zero-order valence-electron chi connectivity index (χ0n) is 22.9. The van der Waals surface area contributed by atoms with Gasteiger partial charge in [-0.25, -0.2) is 4.98 Å². The number of piperidine rings is 1. The van der Waals surface area contributed by atoms with Gasteiger partial charge in [0.05, 0.1) is 17.4 Å². The van der Waals surface area contributed by atoms with Crippen LogP contribution in [0.25, 0.3) is 11.0 Å². The van der Waals surface area contributed by atoms with Crippen LogP contribution < -0.4 is 0 Å². The summed E-state index contributed by atoms with van der Waals surface area (Å²) in [4.78, 5) is 21.8. The van der Waals surface area contributed by atoms with Crippen LogP contribution in [0.2, 0.25) is 0 Å². The van der Waals surface area contributed by atoms with E-state index >= 15 is 0 Å². The highest BCUT2D eigenvalue weighted by Gasteiger charge is 2.24. The number of para-hydroxylation sites is 2. The van der Waals surface area contributed by atoms with Crippen LogP contribution in [0.5, 0.6) is 5.75 Å². The van der Waals surface area contributed by atoms with Gasteiger partial charge >= 0.3 is 0 Å². The quantitative estimate of drug-likeness (QED) is 0.260. The lowest BCUT2D eigenvalue weighted by Gasteiger charge is -2.33. The van der Waals surface area contributed by atoms with E-state index in [4.69, 9.17) is 0 Å². The van der Waals surface area contributed by atoms with E-state index in [0.29, 0.717) is 19.1 Å². The molecule has 0 aliphatic carbocycles. The summed E-state index contributed by atoms with van der Waals surface area (Å²) < 4.78 is 2.35. The molecule has 206 valence electrons. The summed E-state index contributed by atoms with van der Waals surface area (Å²) in [7, 11) is 0. The lowest BCUT2D eigenvalue weighted by atomic mass is 9.87. The summed E-state index contributed by atoms with van der Waals surface area (Å²) >= 11 is 0. The Morgan fingerprint density at radius 2 is 1.69 bits per heavy atom. The number of halogens is 1. The molecule has 39 heavy (non-hydrogen) atoms. The molecule has 7 heteroatoms. The van der Waals surface area contributed by atoms with Crippen LogP contribution in [-0.2, 0) is 0 Å². The maximum Gasteiger partial charge on any atom is 0.253 e. The number of nitrogens with zero attached hydrogens (tertiary/aromatic N) is 4. The second-order valence-corrected chi connectivity index (χ2v) is 10.2. The van der Waals surface area contributed by atoms with Crippen LogP contribution in [0.4, 0.5) is 0 Å². The second kappa shape index (κ2) is 13.1. The van der Waals surface area contributed by atoms with E-state index in [9.17, 15) is 9.90 Å². The lowest BCUT2D eigenvalue weighted by Crippen LogP contribution is -2.35. The third kappa shape index (κ3) is 6.45. The van der Waals surface area contributed by atoms with Gasteiger partial charge in [0.2, 0.25) is 0 Å². The summed E-state index contributed by atoms with van der Waals surface area (Å²) in [6, 6.07) is 24.5. The Morgan fingerprint density at radius 3 is 2.38 bits per heavy atom. The highest BCUT2D eigenvalue weighted by Crippen LogP contribution is 2.32. The van der Waals surface area contributed by atoms with Crippen molar-refractivity contribution in [2.24, 2.45) is 0 Å². The molecular weight excluding hydrogens is 508 g/mol. The highest BCUT2D eigenvalue weighted by molar-refractivity contribution is 5.94. The van der Waals surface area contributed by atoms with Crippen LogP contribution >= 0.6 is 12.4 Å². The fourth-order valence-electron chi connectivity index (χ4n) is 5.82. The van der Waals surface area contributed by atoms with E-state index in [0.717, 1.165) is 55.5 Å². The van der Waals surface area contributed by atoms with Gasteiger partial charge in [0.25, 0.3) is 5.91 Å². The van der Waals surface area contributed by atoms with Gasteiger partial charge in [-0.1, -0.05) is 36.4 Å². The Balaban J connectivity index is 0.00000353. The van der Waals surface area contributed by atoms with E-state index in [2.05, 4.69) is 50.8 Å². The largest absolute Gasteiger partial charge is 0.508 e. The molecule has 1 N–H and O–H groups in total. The maximum absolute atomic E-state index is 12.8. The highest BCUT2D eigenvalue weighted by atomic mass is 35.5. The van der Waals surface area contributed by atoms with Crippen LogP contribution in [0.3, 0.4) is 0 Å². The first-order chi connectivity index (χ1) is 18.6. The molecule has 4 aromatic rings. The van der Waals surface area contributed by atoms with E-state index in [1.165, 1.54) is 11.1 Å². The number of aromatic hydroxyl groups is 1. The molecule has 2 heterocycles. The molecule has 6 nitrogen and oxygen atoms in total. The minimum Gasteiger partial charge on any atom is -0.508 e. The standard InChI is InChI=1S/C32H38N4O2.ClH/c1-3-35(4-2)32(38)25-14-12-24(13-15-25)29(26-8-7-9-28(37)22-26)18-21-34-19-16-27(17-20-34)36-23-33-30-10-5-6-11-31(30)36;/h5-15,22-23,27,29,37H,3-4,16-21H2,1-2H3;1H. The number of phenols is 1. The smallest absolute Gasteiger partial charge is 0.253 e. The van der Waals surface area contributed by atoms with Crippen molar-refractivity contribution >= 4 is 29.3 Å². The van der Waals surface area contributed by atoms with Gasteiger partial charge in [0.1, 0.15) is 5.75 Å². The zero-order valence-corrected chi connectivity index (χ0v) is 23.7. The third-order valence-corrected chi connectivity index (χ3v) is 8.05.